The van der Waals surface area contributed by atoms with Gasteiger partial charge in [-0.1, -0.05) is 30.3 Å². The quantitative estimate of drug-likeness (QED) is 0.353. The zero-order valence-electron chi connectivity index (χ0n) is 23.1. The van der Waals surface area contributed by atoms with Gasteiger partial charge in [0.05, 0.1) is 24.8 Å². The highest BCUT2D eigenvalue weighted by molar-refractivity contribution is 7.92. The average Bonchev–Trinajstić information content (AvgIpc) is 2.94. The molecule has 1 N–H and O–H groups in total. The molecule has 3 aromatic carbocycles. The van der Waals surface area contributed by atoms with Crippen LogP contribution < -0.4 is 19.1 Å². The van der Waals surface area contributed by atoms with Crippen molar-refractivity contribution in [3.05, 3.63) is 84.2 Å². The largest absolute Gasteiger partial charge is 0.493 e. The summed E-state index contributed by atoms with van der Waals surface area (Å²) in [6.07, 6.45) is 0. The molecule has 0 aliphatic rings. The first-order valence-corrected chi connectivity index (χ1v) is 14.1. The van der Waals surface area contributed by atoms with Crippen molar-refractivity contribution >= 4 is 27.5 Å². The van der Waals surface area contributed by atoms with Gasteiger partial charge in [0.1, 0.15) is 18.4 Å². The summed E-state index contributed by atoms with van der Waals surface area (Å²) in [7, 11) is -1.36. The van der Waals surface area contributed by atoms with Crippen molar-refractivity contribution < 1.29 is 31.9 Å². The highest BCUT2D eigenvalue weighted by atomic mass is 32.2. The standard InChI is InChI=1S/C29H34FN3O6S/c1-20(2)31-29(35)21(3)32(18-22-11-13-23(30)14-12-22)28(34)19-33(40(36,37)25-9-7-6-8-10-25)24-15-16-26(38-4)27(17-24)39-5/h6-17,20-21H,18-19H2,1-5H3,(H,31,35)/t21-/m1/s1. The number of ether oxygens (including phenoxy) is 2. The van der Waals surface area contributed by atoms with E-state index < -0.39 is 40.2 Å². The van der Waals surface area contributed by atoms with Crippen molar-refractivity contribution in [2.45, 2.75) is 44.3 Å². The molecule has 40 heavy (non-hydrogen) atoms. The molecule has 1 atom stereocenters. The Morgan fingerprint density at radius 3 is 2.10 bits per heavy atom. The molecule has 2 amide bonds. The predicted molar refractivity (Wildman–Crippen MR) is 150 cm³/mol. The summed E-state index contributed by atoms with van der Waals surface area (Å²) < 4.78 is 52.9. The molecule has 0 radical (unpaired) electrons. The molecule has 214 valence electrons. The van der Waals surface area contributed by atoms with Crippen LogP contribution in [0.25, 0.3) is 0 Å². The second-order valence-electron chi connectivity index (χ2n) is 9.35. The van der Waals surface area contributed by atoms with Crippen LogP contribution in [0.4, 0.5) is 10.1 Å². The van der Waals surface area contributed by atoms with Crippen LogP contribution in [0.5, 0.6) is 11.5 Å². The van der Waals surface area contributed by atoms with Crippen molar-refractivity contribution in [1.82, 2.24) is 10.2 Å². The molecule has 0 fully saturated rings. The molecule has 0 aromatic heterocycles. The molecule has 0 unspecified atom stereocenters. The predicted octanol–water partition coefficient (Wildman–Crippen LogP) is 3.98. The van der Waals surface area contributed by atoms with Gasteiger partial charge in [-0.3, -0.25) is 13.9 Å². The second kappa shape index (κ2) is 13.3. The van der Waals surface area contributed by atoms with E-state index >= 15 is 0 Å². The minimum absolute atomic E-state index is 0.0201. The number of amides is 2. The number of sulfonamides is 1. The lowest BCUT2D eigenvalue weighted by atomic mass is 10.1. The summed E-state index contributed by atoms with van der Waals surface area (Å²) >= 11 is 0. The van der Waals surface area contributed by atoms with Gasteiger partial charge in [0.2, 0.25) is 11.8 Å². The van der Waals surface area contributed by atoms with E-state index in [-0.39, 0.29) is 28.9 Å². The maximum absolute atomic E-state index is 13.9. The topological polar surface area (TPSA) is 105 Å². The Balaban J connectivity index is 2.07. The molecule has 0 aliphatic heterocycles. The van der Waals surface area contributed by atoms with Gasteiger partial charge in [-0.25, -0.2) is 12.8 Å². The first-order valence-electron chi connectivity index (χ1n) is 12.6. The van der Waals surface area contributed by atoms with Crippen LogP contribution in [0, 0.1) is 5.82 Å². The number of nitrogens with one attached hydrogen (secondary N) is 1. The minimum Gasteiger partial charge on any atom is -0.493 e. The molecule has 0 bridgehead atoms. The number of hydrogen-bond donors (Lipinski definition) is 1. The van der Waals surface area contributed by atoms with E-state index in [1.165, 1.54) is 67.7 Å². The summed E-state index contributed by atoms with van der Waals surface area (Å²) in [6, 6.07) is 16.6. The van der Waals surface area contributed by atoms with Crippen LogP contribution in [0.1, 0.15) is 26.3 Å². The van der Waals surface area contributed by atoms with Gasteiger partial charge in [-0.05, 0) is 62.7 Å². The summed E-state index contributed by atoms with van der Waals surface area (Å²) in [5.41, 5.74) is 0.735. The first kappa shape index (κ1) is 30.4. The fraction of sp³-hybridized carbons (Fsp3) is 0.310. The lowest BCUT2D eigenvalue weighted by molar-refractivity contribution is -0.139. The lowest BCUT2D eigenvalue weighted by Gasteiger charge is -2.32. The van der Waals surface area contributed by atoms with Gasteiger partial charge in [0, 0.05) is 18.7 Å². The van der Waals surface area contributed by atoms with E-state index in [0.717, 1.165) is 4.31 Å². The number of rotatable bonds is 12. The highest BCUT2D eigenvalue weighted by Gasteiger charge is 2.33. The van der Waals surface area contributed by atoms with Crippen molar-refractivity contribution in [2.75, 3.05) is 25.1 Å². The average molecular weight is 572 g/mol. The minimum atomic E-state index is -4.23. The van der Waals surface area contributed by atoms with Gasteiger partial charge in [0.15, 0.2) is 11.5 Å². The Labute approximate surface area is 234 Å². The molecule has 0 saturated heterocycles. The van der Waals surface area contributed by atoms with Crippen molar-refractivity contribution in [3.63, 3.8) is 0 Å². The SMILES string of the molecule is COc1ccc(N(CC(=O)N(Cc2ccc(F)cc2)[C@H](C)C(=O)NC(C)C)S(=O)(=O)c2ccccc2)cc1OC. The van der Waals surface area contributed by atoms with E-state index in [9.17, 15) is 22.4 Å². The maximum Gasteiger partial charge on any atom is 0.264 e. The van der Waals surface area contributed by atoms with E-state index in [1.54, 1.807) is 45.0 Å². The number of halogens is 1. The molecule has 0 saturated carbocycles. The second-order valence-corrected chi connectivity index (χ2v) is 11.2. The number of nitrogens with zero attached hydrogens (tertiary/aromatic N) is 2. The van der Waals surface area contributed by atoms with Crippen LogP contribution >= 0.6 is 0 Å². The third-order valence-corrected chi connectivity index (χ3v) is 7.92. The molecule has 0 aliphatic carbocycles. The molecular formula is C29H34FN3O6S. The van der Waals surface area contributed by atoms with Crippen LogP contribution in [0.2, 0.25) is 0 Å². The van der Waals surface area contributed by atoms with Gasteiger partial charge in [-0.2, -0.15) is 0 Å². The number of carbonyl (C=O) groups excluding carboxylic acids is 2. The summed E-state index contributed by atoms with van der Waals surface area (Å²) in [6.45, 7) is 4.49. The van der Waals surface area contributed by atoms with Crippen molar-refractivity contribution in [1.29, 1.82) is 0 Å². The van der Waals surface area contributed by atoms with Gasteiger partial charge in [-0.15, -0.1) is 0 Å². The monoisotopic (exact) mass is 571 g/mol. The third-order valence-electron chi connectivity index (χ3n) is 6.13. The molecule has 3 aromatic rings. The lowest BCUT2D eigenvalue weighted by Crippen LogP contribution is -2.52. The smallest absolute Gasteiger partial charge is 0.264 e. The zero-order chi connectivity index (χ0) is 29.4. The van der Waals surface area contributed by atoms with Crippen molar-refractivity contribution in [3.8, 4) is 11.5 Å². The molecule has 9 nitrogen and oxygen atoms in total. The summed E-state index contributed by atoms with van der Waals surface area (Å²) in [5, 5.41) is 2.79. The van der Waals surface area contributed by atoms with Crippen LogP contribution in [0.15, 0.2) is 77.7 Å². The van der Waals surface area contributed by atoms with E-state index in [2.05, 4.69) is 5.32 Å². The van der Waals surface area contributed by atoms with E-state index in [4.69, 9.17) is 9.47 Å². The Kier molecular flexibility index (Phi) is 10.1. The van der Waals surface area contributed by atoms with Gasteiger partial charge < -0.3 is 19.7 Å². The highest BCUT2D eigenvalue weighted by Crippen LogP contribution is 2.34. The van der Waals surface area contributed by atoms with Crippen LogP contribution in [0.3, 0.4) is 0 Å². The Hall–Kier alpha value is -4.12. The van der Waals surface area contributed by atoms with Crippen LogP contribution in [-0.2, 0) is 26.2 Å². The molecule has 0 heterocycles. The Morgan fingerprint density at radius 2 is 1.52 bits per heavy atom. The normalized spacial score (nSPS) is 12.0. The Bertz CT molecular complexity index is 1420. The molecule has 0 spiro atoms. The van der Waals surface area contributed by atoms with Crippen molar-refractivity contribution in [2.24, 2.45) is 0 Å². The Morgan fingerprint density at radius 1 is 0.900 bits per heavy atom. The first-order chi connectivity index (χ1) is 19.0. The number of methoxy groups -OCH3 is 2. The fourth-order valence-corrected chi connectivity index (χ4v) is 5.43. The van der Waals surface area contributed by atoms with E-state index in [0.29, 0.717) is 11.3 Å². The fourth-order valence-electron chi connectivity index (χ4n) is 4.00. The number of hydrogen-bond acceptors (Lipinski definition) is 6. The zero-order valence-corrected chi connectivity index (χ0v) is 23.9. The third kappa shape index (κ3) is 7.29. The number of benzene rings is 3. The molecule has 3 rings (SSSR count). The van der Waals surface area contributed by atoms with Gasteiger partial charge in [0.25, 0.3) is 10.0 Å². The number of anilines is 1. The van der Waals surface area contributed by atoms with Crippen LogP contribution in [-0.4, -0.2) is 58.0 Å². The summed E-state index contributed by atoms with van der Waals surface area (Å²) in [5.74, 6) is -0.833. The molecule has 11 heteroatoms. The maximum atomic E-state index is 13.9. The summed E-state index contributed by atoms with van der Waals surface area (Å²) in [4.78, 5) is 28.1. The molecular weight excluding hydrogens is 537 g/mol. The van der Waals surface area contributed by atoms with Gasteiger partial charge >= 0.3 is 0 Å². The number of carbonyl (C=O) groups is 2. The van der Waals surface area contributed by atoms with E-state index in [1.807, 2.05) is 0 Å².